The van der Waals surface area contributed by atoms with Gasteiger partial charge in [-0.05, 0) is 38.2 Å². The normalized spacial score (nSPS) is 12.5. The topological polar surface area (TPSA) is 55.1 Å². The van der Waals surface area contributed by atoms with Crippen molar-refractivity contribution in [1.29, 1.82) is 0 Å². The monoisotopic (exact) mass is 308 g/mol. The molecule has 0 fully saturated rings. The first-order chi connectivity index (χ1) is 11.2. The van der Waals surface area contributed by atoms with Crippen molar-refractivity contribution in [3.8, 4) is 11.3 Å². The summed E-state index contributed by atoms with van der Waals surface area (Å²) in [5.74, 6) is 0.847. The average molecular weight is 308 g/mol. The molecule has 3 heterocycles. The van der Waals surface area contributed by atoms with Gasteiger partial charge in [-0.15, -0.1) is 0 Å². The molecule has 0 radical (unpaired) electrons. The van der Waals surface area contributed by atoms with Gasteiger partial charge in [0.15, 0.2) is 5.76 Å². The van der Waals surface area contributed by atoms with Crippen molar-refractivity contribution >= 4 is 0 Å². The van der Waals surface area contributed by atoms with Crippen LogP contribution in [0, 0.1) is 0 Å². The molecule has 5 heteroatoms. The van der Waals surface area contributed by atoms with E-state index < -0.39 is 0 Å². The number of hydrogen-bond donors (Lipinski definition) is 0. The summed E-state index contributed by atoms with van der Waals surface area (Å²) in [5, 5.41) is 4.13. The van der Waals surface area contributed by atoms with Crippen molar-refractivity contribution in [3.05, 3.63) is 66.4 Å². The summed E-state index contributed by atoms with van der Waals surface area (Å²) in [5.41, 5.74) is 2.88. The van der Waals surface area contributed by atoms with Gasteiger partial charge in [0.1, 0.15) is 5.69 Å². The quantitative estimate of drug-likeness (QED) is 0.700. The molecule has 3 aromatic rings. The Bertz CT molecular complexity index is 727. The Balaban J connectivity index is 1.62. The first kappa shape index (κ1) is 15.4. The number of hydrogen-bond acceptors (Lipinski definition) is 5. The van der Waals surface area contributed by atoms with E-state index >= 15 is 0 Å². The number of nitrogens with zero attached hydrogens (tertiary/aromatic N) is 4. The van der Waals surface area contributed by atoms with Crippen LogP contribution >= 0.6 is 0 Å². The van der Waals surface area contributed by atoms with Gasteiger partial charge in [0.2, 0.25) is 0 Å². The summed E-state index contributed by atoms with van der Waals surface area (Å²) < 4.78 is 5.46. The Morgan fingerprint density at radius 1 is 1.17 bits per heavy atom. The van der Waals surface area contributed by atoms with E-state index in [2.05, 4.69) is 40.1 Å². The largest absolute Gasteiger partial charge is 0.359 e. The molecule has 5 nitrogen and oxygen atoms in total. The lowest BCUT2D eigenvalue weighted by molar-refractivity contribution is 0.217. The van der Waals surface area contributed by atoms with Gasteiger partial charge in [-0.25, -0.2) is 0 Å². The van der Waals surface area contributed by atoms with Crippen molar-refractivity contribution in [1.82, 2.24) is 20.0 Å². The minimum Gasteiger partial charge on any atom is -0.359 e. The van der Waals surface area contributed by atoms with Crippen LogP contribution < -0.4 is 0 Å². The van der Waals surface area contributed by atoms with Crippen LogP contribution in [0.3, 0.4) is 0 Å². The predicted octanol–water partition coefficient (Wildman–Crippen LogP) is 3.19. The molecule has 0 aromatic carbocycles. The molecular formula is C18H20N4O. The Kier molecular flexibility index (Phi) is 4.78. The van der Waals surface area contributed by atoms with Gasteiger partial charge in [-0.1, -0.05) is 11.2 Å². The second-order valence-electron chi connectivity index (χ2n) is 5.71. The molecule has 3 aromatic heterocycles. The smallest absolute Gasteiger partial charge is 0.151 e. The fourth-order valence-corrected chi connectivity index (χ4v) is 2.42. The van der Waals surface area contributed by atoms with Crippen LogP contribution in [0.15, 0.2) is 59.5 Å². The third kappa shape index (κ3) is 4.02. The van der Waals surface area contributed by atoms with E-state index in [1.54, 1.807) is 12.4 Å². The SMILES string of the molecule is CC(Cc1ccccn1)N(C)Cc1cc(-c2cccnc2)no1. The van der Waals surface area contributed by atoms with Crippen molar-refractivity contribution in [2.45, 2.75) is 25.9 Å². The molecule has 0 saturated carbocycles. The van der Waals surface area contributed by atoms with E-state index in [9.17, 15) is 0 Å². The molecule has 0 amide bonds. The van der Waals surface area contributed by atoms with E-state index in [4.69, 9.17) is 4.52 Å². The molecule has 1 atom stereocenters. The Morgan fingerprint density at radius 2 is 2.09 bits per heavy atom. The van der Waals surface area contributed by atoms with E-state index in [0.717, 1.165) is 29.1 Å². The second-order valence-corrected chi connectivity index (χ2v) is 5.71. The third-order valence-electron chi connectivity index (χ3n) is 3.90. The molecule has 23 heavy (non-hydrogen) atoms. The number of aromatic nitrogens is 3. The Labute approximate surface area is 136 Å². The van der Waals surface area contributed by atoms with Crippen LogP contribution in [0.1, 0.15) is 18.4 Å². The molecule has 0 saturated heterocycles. The fraction of sp³-hybridized carbons (Fsp3) is 0.278. The van der Waals surface area contributed by atoms with Crippen molar-refractivity contribution in [3.63, 3.8) is 0 Å². The second kappa shape index (κ2) is 7.15. The first-order valence-electron chi connectivity index (χ1n) is 7.68. The van der Waals surface area contributed by atoms with E-state index in [-0.39, 0.29) is 0 Å². The summed E-state index contributed by atoms with van der Waals surface area (Å²) >= 11 is 0. The minimum absolute atomic E-state index is 0.358. The van der Waals surface area contributed by atoms with E-state index in [0.29, 0.717) is 12.6 Å². The Hall–Kier alpha value is -2.53. The van der Waals surface area contributed by atoms with Gasteiger partial charge >= 0.3 is 0 Å². The molecule has 0 aliphatic carbocycles. The first-order valence-corrected chi connectivity index (χ1v) is 7.68. The highest BCUT2D eigenvalue weighted by molar-refractivity contribution is 5.57. The van der Waals surface area contributed by atoms with E-state index in [1.165, 1.54) is 0 Å². The van der Waals surface area contributed by atoms with Gasteiger partial charge in [0.25, 0.3) is 0 Å². The molecule has 118 valence electrons. The van der Waals surface area contributed by atoms with Crippen LogP contribution in [0.5, 0.6) is 0 Å². The van der Waals surface area contributed by atoms with Crippen molar-refractivity contribution < 1.29 is 4.52 Å². The van der Waals surface area contributed by atoms with Gasteiger partial charge in [-0.2, -0.15) is 0 Å². The standard InChI is InChI=1S/C18H20N4O/c1-14(10-16-7-3-4-9-20-16)22(2)13-17-11-18(21-23-17)15-6-5-8-19-12-15/h3-9,11-12,14H,10,13H2,1-2H3. The molecular weight excluding hydrogens is 288 g/mol. The number of likely N-dealkylation sites (N-methyl/N-ethyl adjacent to an activating group) is 1. The highest BCUT2D eigenvalue weighted by atomic mass is 16.5. The average Bonchev–Trinajstić information content (AvgIpc) is 3.05. The fourth-order valence-electron chi connectivity index (χ4n) is 2.42. The lowest BCUT2D eigenvalue weighted by atomic mass is 10.1. The number of pyridine rings is 2. The van der Waals surface area contributed by atoms with Crippen LogP contribution in [0.2, 0.25) is 0 Å². The highest BCUT2D eigenvalue weighted by Gasteiger charge is 2.14. The maximum atomic E-state index is 5.46. The summed E-state index contributed by atoms with van der Waals surface area (Å²) in [6.07, 6.45) is 6.27. The molecule has 3 rings (SSSR count). The molecule has 0 bridgehead atoms. The van der Waals surface area contributed by atoms with Gasteiger partial charge in [-0.3, -0.25) is 14.9 Å². The maximum Gasteiger partial charge on any atom is 0.151 e. The molecule has 0 aliphatic rings. The minimum atomic E-state index is 0.358. The molecule has 1 unspecified atom stereocenters. The number of rotatable bonds is 6. The van der Waals surface area contributed by atoms with Crippen LogP contribution in [0.4, 0.5) is 0 Å². The summed E-state index contributed by atoms with van der Waals surface area (Å²) in [7, 11) is 2.08. The summed E-state index contributed by atoms with van der Waals surface area (Å²) in [4.78, 5) is 10.7. The van der Waals surface area contributed by atoms with Gasteiger partial charge in [0.05, 0.1) is 6.54 Å². The van der Waals surface area contributed by atoms with Crippen LogP contribution in [-0.4, -0.2) is 33.1 Å². The van der Waals surface area contributed by atoms with Gasteiger partial charge < -0.3 is 4.52 Å². The third-order valence-corrected chi connectivity index (χ3v) is 3.90. The van der Waals surface area contributed by atoms with Crippen LogP contribution in [-0.2, 0) is 13.0 Å². The predicted molar refractivity (Wildman–Crippen MR) is 88.6 cm³/mol. The molecule has 0 N–H and O–H groups in total. The zero-order valence-electron chi connectivity index (χ0n) is 13.4. The zero-order valence-corrected chi connectivity index (χ0v) is 13.4. The van der Waals surface area contributed by atoms with Crippen LogP contribution in [0.25, 0.3) is 11.3 Å². The zero-order chi connectivity index (χ0) is 16.1. The highest BCUT2D eigenvalue weighted by Crippen LogP contribution is 2.19. The van der Waals surface area contributed by atoms with E-state index in [1.807, 2.05) is 36.5 Å². The van der Waals surface area contributed by atoms with Gasteiger partial charge in [0, 0.05) is 48.4 Å². The van der Waals surface area contributed by atoms with Crippen molar-refractivity contribution in [2.24, 2.45) is 0 Å². The lowest BCUT2D eigenvalue weighted by Crippen LogP contribution is -2.30. The molecule has 0 aliphatic heterocycles. The molecule has 0 spiro atoms. The Morgan fingerprint density at radius 3 is 2.83 bits per heavy atom. The van der Waals surface area contributed by atoms with Crippen molar-refractivity contribution in [2.75, 3.05) is 7.05 Å². The maximum absolute atomic E-state index is 5.46. The lowest BCUT2D eigenvalue weighted by Gasteiger charge is -2.23. The summed E-state index contributed by atoms with van der Waals surface area (Å²) in [6, 6.07) is 12.2. The summed E-state index contributed by atoms with van der Waals surface area (Å²) in [6.45, 7) is 2.90.